The molecule has 0 saturated carbocycles. The van der Waals surface area contributed by atoms with Gasteiger partial charge in [-0.15, -0.1) is 0 Å². The zero-order valence-electron chi connectivity index (χ0n) is 17.0. The van der Waals surface area contributed by atoms with Gasteiger partial charge in [0.05, 0.1) is 5.56 Å². The quantitative estimate of drug-likeness (QED) is 0.693. The third-order valence-electron chi connectivity index (χ3n) is 5.01. The standard InChI is InChI=1S/C21H22FN3O5S/c1-3-23-20(27)14(2)24(12-15-8-4-6-10-17(15)22)19(26)13-25-21(28)16-9-5-7-11-18(16)31(25,29)30/h4-11,14H,3,12-13H2,1-2H3,(H,23,27)/t14-/m1/s1. The van der Waals surface area contributed by atoms with Crippen molar-refractivity contribution < 1.29 is 27.2 Å². The van der Waals surface area contributed by atoms with E-state index < -0.39 is 46.1 Å². The van der Waals surface area contributed by atoms with Crippen molar-refractivity contribution in [1.29, 1.82) is 0 Å². The molecule has 164 valence electrons. The third kappa shape index (κ3) is 4.29. The molecule has 0 fully saturated rings. The van der Waals surface area contributed by atoms with Gasteiger partial charge in [0.2, 0.25) is 11.8 Å². The fourth-order valence-electron chi connectivity index (χ4n) is 3.32. The SMILES string of the molecule is CCNC(=O)[C@@H](C)N(Cc1ccccc1F)C(=O)CN1C(=O)c2ccccc2S1(=O)=O. The van der Waals surface area contributed by atoms with Crippen molar-refractivity contribution in [1.82, 2.24) is 14.5 Å². The van der Waals surface area contributed by atoms with E-state index in [0.29, 0.717) is 10.8 Å². The first kappa shape index (κ1) is 22.4. The molecular formula is C21H22FN3O5S. The lowest BCUT2D eigenvalue weighted by molar-refractivity contribution is -0.140. The average Bonchev–Trinajstić information content (AvgIpc) is 2.93. The molecule has 0 radical (unpaired) electrons. The molecule has 10 heteroatoms. The number of halogens is 1. The summed E-state index contributed by atoms with van der Waals surface area (Å²) < 4.78 is 40.2. The van der Waals surface area contributed by atoms with Gasteiger partial charge in [0.15, 0.2) is 0 Å². The van der Waals surface area contributed by atoms with E-state index in [1.807, 2.05) is 0 Å². The maximum absolute atomic E-state index is 14.2. The molecular weight excluding hydrogens is 425 g/mol. The fourth-order valence-corrected chi connectivity index (χ4v) is 4.83. The Kier molecular flexibility index (Phi) is 6.40. The number of rotatable bonds is 7. The highest BCUT2D eigenvalue weighted by Gasteiger charge is 2.43. The van der Waals surface area contributed by atoms with Gasteiger partial charge in [-0.3, -0.25) is 14.4 Å². The van der Waals surface area contributed by atoms with Crippen LogP contribution in [0.25, 0.3) is 0 Å². The molecule has 0 aliphatic carbocycles. The summed E-state index contributed by atoms with van der Waals surface area (Å²) in [4.78, 5) is 39.0. The Balaban J connectivity index is 1.91. The van der Waals surface area contributed by atoms with Gasteiger partial charge < -0.3 is 10.2 Å². The van der Waals surface area contributed by atoms with Gasteiger partial charge in [0, 0.05) is 18.7 Å². The minimum Gasteiger partial charge on any atom is -0.355 e. The summed E-state index contributed by atoms with van der Waals surface area (Å²) in [7, 11) is -4.20. The van der Waals surface area contributed by atoms with Crippen LogP contribution in [-0.2, 0) is 26.2 Å². The highest BCUT2D eigenvalue weighted by molar-refractivity contribution is 7.90. The molecule has 2 aromatic carbocycles. The smallest absolute Gasteiger partial charge is 0.269 e. The van der Waals surface area contributed by atoms with Crippen LogP contribution in [0.1, 0.15) is 29.8 Å². The van der Waals surface area contributed by atoms with E-state index in [9.17, 15) is 27.2 Å². The molecule has 3 amide bonds. The predicted octanol–water partition coefficient (Wildman–Crippen LogP) is 1.52. The molecule has 8 nitrogen and oxygen atoms in total. The molecule has 0 saturated heterocycles. The number of likely N-dealkylation sites (N-methyl/N-ethyl adjacent to an activating group) is 1. The predicted molar refractivity (Wildman–Crippen MR) is 110 cm³/mol. The Labute approximate surface area is 179 Å². The molecule has 3 rings (SSSR count). The Bertz CT molecular complexity index is 1140. The molecule has 0 spiro atoms. The maximum atomic E-state index is 14.2. The van der Waals surface area contributed by atoms with Crippen molar-refractivity contribution in [2.24, 2.45) is 0 Å². The zero-order valence-corrected chi connectivity index (χ0v) is 17.9. The number of hydrogen-bond donors (Lipinski definition) is 1. The Morgan fingerprint density at radius 1 is 1.13 bits per heavy atom. The third-order valence-corrected chi connectivity index (χ3v) is 6.79. The first-order valence-corrected chi connectivity index (χ1v) is 11.1. The normalized spacial score (nSPS) is 15.3. The minimum atomic E-state index is -4.20. The number of nitrogens with zero attached hydrogens (tertiary/aromatic N) is 2. The molecule has 0 aromatic heterocycles. The number of carbonyl (C=O) groups excluding carboxylic acids is 3. The van der Waals surface area contributed by atoms with Gasteiger partial charge >= 0.3 is 0 Å². The largest absolute Gasteiger partial charge is 0.355 e. The van der Waals surface area contributed by atoms with E-state index in [2.05, 4.69) is 5.32 Å². The second-order valence-electron chi connectivity index (χ2n) is 7.00. The summed E-state index contributed by atoms with van der Waals surface area (Å²) in [5.74, 6) is -2.67. The van der Waals surface area contributed by atoms with Gasteiger partial charge in [-0.25, -0.2) is 17.1 Å². The Morgan fingerprint density at radius 3 is 2.42 bits per heavy atom. The van der Waals surface area contributed by atoms with Crippen LogP contribution in [0.15, 0.2) is 53.4 Å². The lowest BCUT2D eigenvalue weighted by Crippen LogP contribution is -2.51. The maximum Gasteiger partial charge on any atom is 0.269 e. The molecule has 1 aliphatic heterocycles. The topological polar surface area (TPSA) is 104 Å². The molecule has 1 N–H and O–H groups in total. The Hall–Kier alpha value is -3.27. The second kappa shape index (κ2) is 8.84. The molecule has 0 bridgehead atoms. The summed E-state index contributed by atoms with van der Waals surface area (Å²) >= 11 is 0. The number of fused-ring (bicyclic) bond motifs is 1. The fraction of sp³-hybridized carbons (Fsp3) is 0.286. The van der Waals surface area contributed by atoms with E-state index in [0.717, 1.165) is 4.90 Å². The summed E-state index contributed by atoms with van der Waals surface area (Å²) in [5.41, 5.74) is 0.138. The number of nitrogens with one attached hydrogen (secondary N) is 1. The van der Waals surface area contributed by atoms with Crippen LogP contribution in [-0.4, -0.2) is 54.5 Å². The van der Waals surface area contributed by atoms with Gasteiger partial charge in [-0.2, -0.15) is 0 Å². The second-order valence-corrected chi connectivity index (χ2v) is 8.83. The van der Waals surface area contributed by atoms with Gasteiger partial charge in [0.25, 0.3) is 15.9 Å². The van der Waals surface area contributed by atoms with Crippen LogP contribution < -0.4 is 5.32 Å². The van der Waals surface area contributed by atoms with Crippen LogP contribution in [0, 0.1) is 5.82 Å². The zero-order chi connectivity index (χ0) is 22.8. The van der Waals surface area contributed by atoms with Crippen LogP contribution >= 0.6 is 0 Å². The van der Waals surface area contributed by atoms with E-state index in [-0.39, 0.29) is 22.6 Å². The highest BCUT2D eigenvalue weighted by Crippen LogP contribution is 2.30. The van der Waals surface area contributed by atoms with Crippen molar-refractivity contribution in [3.63, 3.8) is 0 Å². The number of hydrogen-bond acceptors (Lipinski definition) is 5. The Morgan fingerprint density at radius 2 is 1.77 bits per heavy atom. The molecule has 1 aliphatic rings. The highest BCUT2D eigenvalue weighted by atomic mass is 32.2. The van der Waals surface area contributed by atoms with Crippen LogP contribution in [0.4, 0.5) is 4.39 Å². The molecule has 1 heterocycles. The lowest BCUT2D eigenvalue weighted by atomic mass is 10.1. The summed E-state index contributed by atoms with van der Waals surface area (Å²) in [5, 5.41) is 2.59. The van der Waals surface area contributed by atoms with Crippen LogP contribution in [0.3, 0.4) is 0 Å². The molecule has 0 unspecified atom stereocenters. The monoisotopic (exact) mass is 447 g/mol. The van der Waals surface area contributed by atoms with E-state index in [4.69, 9.17) is 0 Å². The number of amides is 3. The van der Waals surface area contributed by atoms with Crippen molar-refractivity contribution in [2.45, 2.75) is 31.3 Å². The molecule has 2 aromatic rings. The number of benzene rings is 2. The molecule has 1 atom stereocenters. The van der Waals surface area contributed by atoms with E-state index in [1.54, 1.807) is 13.0 Å². The van der Waals surface area contributed by atoms with Crippen LogP contribution in [0.2, 0.25) is 0 Å². The minimum absolute atomic E-state index is 0.0206. The first-order valence-electron chi connectivity index (χ1n) is 9.65. The summed E-state index contributed by atoms with van der Waals surface area (Å²) in [6, 6.07) is 10.4. The van der Waals surface area contributed by atoms with Crippen molar-refractivity contribution in [3.8, 4) is 0 Å². The summed E-state index contributed by atoms with van der Waals surface area (Å²) in [6.07, 6.45) is 0. The number of carbonyl (C=O) groups is 3. The molecule has 31 heavy (non-hydrogen) atoms. The first-order chi connectivity index (χ1) is 14.7. The van der Waals surface area contributed by atoms with Crippen molar-refractivity contribution in [2.75, 3.05) is 13.1 Å². The van der Waals surface area contributed by atoms with E-state index in [1.165, 1.54) is 49.4 Å². The van der Waals surface area contributed by atoms with Crippen LogP contribution in [0.5, 0.6) is 0 Å². The summed E-state index contributed by atoms with van der Waals surface area (Å²) in [6.45, 7) is 2.42. The van der Waals surface area contributed by atoms with Crippen molar-refractivity contribution >= 4 is 27.7 Å². The number of sulfonamides is 1. The van der Waals surface area contributed by atoms with Gasteiger partial charge in [0.1, 0.15) is 23.3 Å². The van der Waals surface area contributed by atoms with Gasteiger partial charge in [-0.1, -0.05) is 30.3 Å². The van der Waals surface area contributed by atoms with Crippen molar-refractivity contribution in [3.05, 3.63) is 65.5 Å². The lowest BCUT2D eigenvalue weighted by Gasteiger charge is -2.30. The van der Waals surface area contributed by atoms with E-state index >= 15 is 0 Å². The van der Waals surface area contributed by atoms with Gasteiger partial charge in [-0.05, 0) is 32.0 Å². The average molecular weight is 447 g/mol.